The topological polar surface area (TPSA) is 44.5 Å². The third-order valence-corrected chi connectivity index (χ3v) is 3.48. The number of aryl methyl sites for hydroxylation is 1. The molecule has 2 aromatic carbocycles. The Hall–Kier alpha value is -1.75. The largest absolute Gasteiger partial charge is 0.496 e. The summed E-state index contributed by atoms with van der Waals surface area (Å²) in [5.41, 5.74) is 8.16. The van der Waals surface area contributed by atoms with E-state index in [-0.39, 0.29) is 6.61 Å². The number of nitrogens with two attached hydrogens (primary N) is 1. The van der Waals surface area contributed by atoms with Gasteiger partial charge in [0.2, 0.25) is 0 Å². The fraction of sp³-hybridized carbons (Fsp3) is 0.200. The van der Waals surface area contributed by atoms with Crippen LogP contribution in [-0.4, -0.2) is 7.11 Å². The van der Waals surface area contributed by atoms with Crippen LogP contribution in [0.4, 0.5) is 10.1 Å². The lowest BCUT2D eigenvalue weighted by Crippen LogP contribution is -2.02. The molecular formula is C15H15BrFNO2. The third kappa shape index (κ3) is 3.22. The molecule has 106 valence electrons. The van der Waals surface area contributed by atoms with Gasteiger partial charge in [-0.15, -0.1) is 0 Å². The maximum atomic E-state index is 13.5. The van der Waals surface area contributed by atoms with Gasteiger partial charge in [-0.1, -0.05) is 11.6 Å². The highest BCUT2D eigenvalue weighted by molar-refractivity contribution is 9.10. The monoisotopic (exact) mass is 339 g/mol. The van der Waals surface area contributed by atoms with E-state index in [0.29, 0.717) is 15.9 Å². The average Bonchev–Trinajstić information content (AvgIpc) is 2.41. The number of anilines is 1. The zero-order chi connectivity index (χ0) is 14.7. The van der Waals surface area contributed by atoms with E-state index in [0.717, 1.165) is 16.9 Å². The fourth-order valence-electron chi connectivity index (χ4n) is 1.84. The first-order valence-electron chi connectivity index (χ1n) is 6.02. The maximum absolute atomic E-state index is 13.5. The van der Waals surface area contributed by atoms with Crippen LogP contribution in [-0.2, 0) is 6.61 Å². The highest BCUT2D eigenvalue weighted by Gasteiger charge is 2.09. The van der Waals surface area contributed by atoms with E-state index in [1.165, 1.54) is 12.1 Å². The predicted octanol–water partition coefficient (Wildman–Crippen LogP) is 4.07. The molecule has 0 saturated carbocycles. The number of halogens is 2. The molecule has 2 rings (SSSR count). The second kappa shape index (κ2) is 6.13. The van der Waals surface area contributed by atoms with Crippen molar-refractivity contribution in [2.45, 2.75) is 13.5 Å². The zero-order valence-corrected chi connectivity index (χ0v) is 12.8. The highest BCUT2D eigenvalue weighted by atomic mass is 79.9. The van der Waals surface area contributed by atoms with Crippen LogP contribution in [0.2, 0.25) is 0 Å². The molecule has 2 aromatic rings. The van der Waals surface area contributed by atoms with Crippen molar-refractivity contribution in [1.29, 1.82) is 0 Å². The lowest BCUT2D eigenvalue weighted by Gasteiger charge is -2.13. The van der Waals surface area contributed by atoms with E-state index >= 15 is 0 Å². The zero-order valence-electron chi connectivity index (χ0n) is 11.2. The SMILES string of the molecule is COc1ccc(C)cc1COc1cc(F)c(Br)cc1N. The summed E-state index contributed by atoms with van der Waals surface area (Å²) in [6.07, 6.45) is 0. The van der Waals surface area contributed by atoms with E-state index in [1.54, 1.807) is 7.11 Å². The standard InChI is InChI=1S/C15H15BrFNO2/c1-9-3-4-14(19-2)10(5-9)8-20-15-7-12(17)11(16)6-13(15)18/h3-7H,8,18H2,1-2H3. The highest BCUT2D eigenvalue weighted by Crippen LogP contribution is 2.30. The Kier molecular flexibility index (Phi) is 4.49. The summed E-state index contributed by atoms with van der Waals surface area (Å²) in [6, 6.07) is 8.54. The Balaban J connectivity index is 2.21. The first-order valence-corrected chi connectivity index (χ1v) is 6.81. The molecule has 5 heteroatoms. The number of ether oxygens (including phenoxy) is 2. The molecule has 0 aromatic heterocycles. The van der Waals surface area contributed by atoms with E-state index < -0.39 is 5.82 Å². The third-order valence-electron chi connectivity index (χ3n) is 2.87. The van der Waals surface area contributed by atoms with E-state index in [2.05, 4.69) is 15.9 Å². The maximum Gasteiger partial charge on any atom is 0.145 e. The van der Waals surface area contributed by atoms with Gasteiger partial charge < -0.3 is 15.2 Å². The lowest BCUT2D eigenvalue weighted by atomic mass is 10.1. The van der Waals surface area contributed by atoms with Crippen molar-refractivity contribution >= 4 is 21.6 Å². The van der Waals surface area contributed by atoms with Crippen LogP contribution in [0.1, 0.15) is 11.1 Å². The Bertz CT molecular complexity index is 632. The molecule has 3 nitrogen and oxygen atoms in total. The van der Waals surface area contributed by atoms with Gasteiger partial charge in [-0.2, -0.15) is 0 Å². The van der Waals surface area contributed by atoms with E-state index in [9.17, 15) is 4.39 Å². The molecule has 0 heterocycles. The Morgan fingerprint density at radius 2 is 1.95 bits per heavy atom. The van der Waals surface area contributed by atoms with Gasteiger partial charge in [0.1, 0.15) is 23.9 Å². The number of benzene rings is 2. The van der Waals surface area contributed by atoms with E-state index in [1.807, 2.05) is 25.1 Å². The number of rotatable bonds is 4. The summed E-state index contributed by atoms with van der Waals surface area (Å²) in [7, 11) is 1.60. The van der Waals surface area contributed by atoms with Gasteiger partial charge in [0.25, 0.3) is 0 Å². The molecule has 2 N–H and O–H groups in total. The van der Waals surface area contributed by atoms with Crippen molar-refractivity contribution in [1.82, 2.24) is 0 Å². The lowest BCUT2D eigenvalue weighted by molar-refractivity contribution is 0.296. The summed E-state index contributed by atoms with van der Waals surface area (Å²) in [5.74, 6) is 0.631. The molecule has 0 fully saturated rings. The van der Waals surface area contributed by atoms with Crippen LogP contribution in [0.15, 0.2) is 34.8 Å². The van der Waals surface area contributed by atoms with Crippen molar-refractivity contribution in [3.63, 3.8) is 0 Å². The van der Waals surface area contributed by atoms with Crippen molar-refractivity contribution < 1.29 is 13.9 Å². The van der Waals surface area contributed by atoms with Gasteiger partial charge in [0.15, 0.2) is 0 Å². The molecule has 0 aliphatic carbocycles. The molecule has 0 bridgehead atoms. The second-order valence-electron chi connectivity index (χ2n) is 4.41. The average molecular weight is 340 g/mol. The number of hydrogen-bond acceptors (Lipinski definition) is 3. The first-order chi connectivity index (χ1) is 9.51. The molecule has 0 atom stereocenters. The van der Waals surface area contributed by atoms with Crippen LogP contribution >= 0.6 is 15.9 Å². The Labute approximate surface area is 125 Å². The minimum absolute atomic E-state index is 0.260. The number of hydrogen-bond donors (Lipinski definition) is 1. The van der Waals surface area contributed by atoms with Crippen molar-refractivity contribution in [3.8, 4) is 11.5 Å². The number of methoxy groups -OCH3 is 1. The molecule has 0 amide bonds. The molecule has 0 aliphatic heterocycles. The number of nitrogen functional groups attached to an aromatic ring is 1. The Morgan fingerprint density at radius 3 is 2.65 bits per heavy atom. The molecule has 0 saturated heterocycles. The summed E-state index contributed by atoms with van der Waals surface area (Å²) in [6.45, 7) is 2.24. The van der Waals surface area contributed by atoms with Gasteiger partial charge in [0.05, 0.1) is 17.3 Å². The summed E-state index contributed by atoms with van der Waals surface area (Å²) < 4.78 is 24.7. The minimum atomic E-state index is -0.412. The molecule has 0 radical (unpaired) electrons. The minimum Gasteiger partial charge on any atom is -0.496 e. The van der Waals surface area contributed by atoms with Gasteiger partial charge in [-0.3, -0.25) is 0 Å². The van der Waals surface area contributed by atoms with Gasteiger partial charge in [-0.05, 0) is 41.1 Å². The Morgan fingerprint density at radius 1 is 1.20 bits per heavy atom. The van der Waals surface area contributed by atoms with Crippen LogP contribution in [0, 0.1) is 12.7 Å². The summed E-state index contributed by atoms with van der Waals surface area (Å²) in [4.78, 5) is 0. The predicted molar refractivity (Wildman–Crippen MR) is 80.6 cm³/mol. The molecule has 20 heavy (non-hydrogen) atoms. The van der Waals surface area contributed by atoms with Crippen LogP contribution in [0.25, 0.3) is 0 Å². The van der Waals surface area contributed by atoms with Crippen LogP contribution < -0.4 is 15.2 Å². The fourth-order valence-corrected chi connectivity index (χ4v) is 2.21. The van der Waals surface area contributed by atoms with Crippen molar-refractivity contribution in [2.24, 2.45) is 0 Å². The quantitative estimate of drug-likeness (QED) is 0.854. The summed E-state index contributed by atoms with van der Waals surface area (Å²) in [5, 5.41) is 0. The van der Waals surface area contributed by atoms with Crippen molar-refractivity contribution in [3.05, 3.63) is 51.7 Å². The first kappa shape index (κ1) is 14.7. The van der Waals surface area contributed by atoms with Gasteiger partial charge in [-0.25, -0.2) is 4.39 Å². The summed E-state index contributed by atoms with van der Waals surface area (Å²) >= 11 is 3.08. The van der Waals surface area contributed by atoms with Crippen LogP contribution in [0.3, 0.4) is 0 Å². The van der Waals surface area contributed by atoms with Crippen molar-refractivity contribution in [2.75, 3.05) is 12.8 Å². The molecule has 0 spiro atoms. The van der Waals surface area contributed by atoms with Gasteiger partial charge >= 0.3 is 0 Å². The molecule has 0 unspecified atom stereocenters. The smallest absolute Gasteiger partial charge is 0.145 e. The van der Waals surface area contributed by atoms with Crippen LogP contribution in [0.5, 0.6) is 11.5 Å². The van der Waals surface area contributed by atoms with E-state index in [4.69, 9.17) is 15.2 Å². The molecule has 0 aliphatic rings. The second-order valence-corrected chi connectivity index (χ2v) is 5.26. The van der Waals surface area contributed by atoms with Gasteiger partial charge in [0, 0.05) is 11.6 Å². The molecular weight excluding hydrogens is 325 g/mol. The normalized spacial score (nSPS) is 10.4.